The lowest BCUT2D eigenvalue weighted by Gasteiger charge is -2.30. The molecule has 1 unspecified atom stereocenters. The van der Waals surface area contributed by atoms with E-state index < -0.39 is 0 Å². The number of carbonyl (C=O) groups is 1. The molecule has 8 nitrogen and oxygen atoms in total. The zero-order valence-corrected chi connectivity index (χ0v) is 21.0. The van der Waals surface area contributed by atoms with Gasteiger partial charge in [0.25, 0.3) is 5.91 Å². The van der Waals surface area contributed by atoms with Crippen molar-refractivity contribution in [1.82, 2.24) is 9.88 Å². The summed E-state index contributed by atoms with van der Waals surface area (Å²) in [7, 11) is 1.73. The van der Waals surface area contributed by atoms with Crippen LogP contribution in [-0.4, -0.2) is 68.4 Å². The average molecular weight is 491 g/mol. The highest BCUT2D eigenvalue weighted by atomic mass is 16.5. The van der Waals surface area contributed by atoms with Gasteiger partial charge < -0.3 is 24.7 Å². The first-order valence-electron chi connectivity index (χ1n) is 12.7. The molecule has 0 radical (unpaired) electrons. The van der Waals surface area contributed by atoms with Gasteiger partial charge in [-0.3, -0.25) is 14.5 Å². The van der Waals surface area contributed by atoms with Crippen LogP contribution in [0, 0.1) is 6.92 Å². The van der Waals surface area contributed by atoms with Gasteiger partial charge in [0.05, 0.1) is 31.4 Å². The van der Waals surface area contributed by atoms with E-state index in [1.165, 1.54) is 0 Å². The van der Waals surface area contributed by atoms with Crippen molar-refractivity contribution in [1.29, 1.82) is 0 Å². The van der Waals surface area contributed by atoms with E-state index in [1.807, 2.05) is 31.2 Å². The van der Waals surface area contributed by atoms with Crippen molar-refractivity contribution in [3.05, 3.63) is 69.5 Å². The second kappa shape index (κ2) is 10.8. The monoisotopic (exact) mass is 490 g/mol. The number of ether oxygens (including phenoxy) is 2. The van der Waals surface area contributed by atoms with Crippen LogP contribution in [-0.2, 0) is 16.0 Å². The van der Waals surface area contributed by atoms with E-state index in [2.05, 4.69) is 32.2 Å². The number of pyridine rings is 1. The highest BCUT2D eigenvalue weighted by Gasteiger charge is 2.28. The molecule has 3 aromatic rings. The van der Waals surface area contributed by atoms with Crippen LogP contribution >= 0.6 is 0 Å². The number of amides is 1. The van der Waals surface area contributed by atoms with Crippen LogP contribution in [0.1, 0.15) is 34.3 Å². The van der Waals surface area contributed by atoms with Crippen molar-refractivity contribution in [2.45, 2.75) is 32.4 Å². The zero-order chi connectivity index (χ0) is 25.1. The van der Waals surface area contributed by atoms with E-state index in [9.17, 15) is 9.59 Å². The van der Waals surface area contributed by atoms with Gasteiger partial charge in [-0.2, -0.15) is 0 Å². The van der Waals surface area contributed by atoms with E-state index in [0.717, 1.165) is 80.0 Å². The standard InChI is InChI=1S/C28H34N4O4/c1-19-14-27(33)30-25-7-6-21(16-23(19)25)29-28(34)24-15-20(17-31-10-12-36-13-11-31)5-8-26(24)32-9-3-4-22(32)18-35-2/h5-8,14-16,22H,3-4,9-13,17-18H2,1-2H3,(H,29,34)(H,30,33). The van der Waals surface area contributed by atoms with Gasteiger partial charge in [0.15, 0.2) is 0 Å². The number of nitrogens with one attached hydrogen (secondary N) is 2. The molecule has 0 saturated carbocycles. The summed E-state index contributed by atoms with van der Waals surface area (Å²) in [5, 5.41) is 4.02. The molecular weight excluding hydrogens is 456 g/mol. The Hall–Kier alpha value is -3.20. The highest BCUT2D eigenvalue weighted by Crippen LogP contribution is 2.31. The van der Waals surface area contributed by atoms with Crippen LogP contribution in [0.2, 0.25) is 0 Å². The molecule has 5 rings (SSSR count). The van der Waals surface area contributed by atoms with Crippen molar-refractivity contribution in [2.75, 3.05) is 56.8 Å². The molecule has 2 saturated heterocycles. The number of nitrogens with zero attached hydrogens (tertiary/aromatic N) is 2. The van der Waals surface area contributed by atoms with E-state index in [0.29, 0.717) is 17.9 Å². The first kappa shape index (κ1) is 24.5. The number of methoxy groups -OCH3 is 1. The molecule has 1 amide bonds. The molecule has 8 heteroatoms. The van der Waals surface area contributed by atoms with E-state index in [1.54, 1.807) is 13.2 Å². The van der Waals surface area contributed by atoms with Gasteiger partial charge in [-0.1, -0.05) is 6.07 Å². The quantitative estimate of drug-likeness (QED) is 0.527. The summed E-state index contributed by atoms with van der Waals surface area (Å²) in [6, 6.07) is 13.7. The lowest BCUT2D eigenvalue weighted by Crippen LogP contribution is -2.36. The highest BCUT2D eigenvalue weighted by molar-refractivity contribution is 6.09. The van der Waals surface area contributed by atoms with Crippen LogP contribution in [0.4, 0.5) is 11.4 Å². The summed E-state index contributed by atoms with van der Waals surface area (Å²) in [6.07, 6.45) is 2.12. The smallest absolute Gasteiger partial charge is 0.257 e. The number of fused-ring (bicyclic) bond motifs is 1. The normalized spacial score (nSPS) is 18.6. The van der Waals surface area contributed by atoms with E-state index in [-0.39, 0.29) is 17.5 Å². The lowest BCUT2D eigenvalue weighted by atomic mass is 10.0. The van der Waals surface area contributed by atoms with Gasteiger partial charge in [0, 0.05) is 61.6 Å². The minimum atomic E-state index is -0.140. The van der Waals surface area contributed by atoms with E-state index in [4.69, 9.17) is 9.47 Å². The fourth-order valence-corrected chi connectivity index (χ4v) is 5.35. The summed E-state index contributed by atoms with van der Waals surface area (Å²) in [5.74, 6) is -0.140. The number of morpholine rings is 1. The average Bonchev–Trinajstić information content (AvgIpc) is 3.33. The minimum absolute atomic E-state index is 0.130. The molecular formula is C28H34N4O4. The number of H-pyrrole nitrogens is 1. The van der Waals surface area contributed by atoms with Gasteiger partial charge in [0.2, 0.25) is 5.56 Å². The molecule has 2 aliphatic heterocycles. The van der Waals surface area contributed by atoms with Crippen molar-refractivity contribution in [2.24, 2.45) is 0 Å². The number of aromatic nitrogens is 1. The summed E-state index contributed by atoms with van der Waals surface area (Å²) in [5.41, 5.74) is 4.92. The van der Waals surface area contributed by atoms with Gasteiger partial charge in [-0.25, -0.2) is 0 Å². The molecule has 0 bridgehead atoms. The topological polar surface area (TPSA) is 86.9 Å². The number of anilines is 2. The predicted octanol–water partition coefficient (Wildman–Crippen LogP) is 3.54. The Morgan fingerprint density at radius 3 is 2.78 bits per heavy atom. The van der Waals surface area contributed by atoms with Crippen LogP contribution in [0.25, 0.3) is 10.9 Å². The number of carbonyl (C=O) groups excluding carboxylic acids is 1. The maximum absolute atomic E-state index is 13.7. The third-order valence-electron chi connectivity index (χ3n) is 7.17. The molecule has 3 heterocycles. The van der Waals surface area contributed by atoms with E-state index >= 15 is 0 Å². The van der Waals surface area contributed by atoms with Crippen molar-refractivity contribution in [3.63, 3.8) is 0 Å². The predicted molar refractivity (Wildman–Crippen MR) is 142 cm³/mol. The summed E-state index contributed by atoms with van der Waals surface area (Å²) in [4.78, 5) is 33.1. The first-order valence-corrected chi connectivity index (χ1v) is 12.7. The number of aryl methyl sites for hydroxylation is 1. The number of hydrogen-bond donors (Lipinski definition) is 2. The van der Waals surface area contributed by atoms with Crippen molar-refractivity contribution < 1.29 is 14.3 Å². The van der Waals surface area contributed by atoms with Crippen molar-refractivity contribution in [3.8, 4) is 0 Å². The summed E-state index contributed by atoms with van der Waals surface area (Å²) in [6.45, 7) is 7.49. The molecule has 1 aromatic heterocycles. The van der Waals surface area contributed by atoms with Gasteiger partial charge >= 0.3 is 0 Å². The Labute approximate surface area is 211 Å². The Morgan fingerprint density at radius 1 is 1.14 bits per heavy atom. The molecule has 2 aromatic carbocycles. The van der Waals surface area contributed by atoms with Crippen LogP contribution in [0.5, 0.6) is 0 Å². The molecule has 0 aliphatic carbocycles. The second-order valence-electron chi connectivity index (χ2n) is 9.72. The Morgan fingerprint density at radius 2 is 1.97 bits per heavy atom. The largest absolute Gasteiger partial charge is 0.383 e. The molecule has 1 atom stereocenters. The molecule has 36 heavy (non-hydrogen) atoms. The molecule has 2 fully saturated rings. The molecule has 2 aliphatic rings. The fourth-order valence-electron chi connectivity index (χ4n) is 5.35. The van der Waals surface area contributed by atoms with Gasteiger partial charge in [-0.05, 0) is 61.2 Å². The molecule has 2 N–H and O–H groups in total. The van der Waals surface area contributed by atoms with Gasteiger partial charge in [-0.15, -0.1) is 0 Å². The Balaban J connectivity index is 1.46. The first-order chi connectivity index (χ1) is 17.5. The minimum Gasteiger partial charge on any atom is -0.383 e. The van der Waals surface area contributed by atoms with Gasteiger partial charge in [0.1, 0.15) is 0 Å². The number of benzene rings is 2. The number of aromatic amines is 1. The maximum atomic E-state index is 13.7. The SMILES string of the molecule is COCC1CCCN1c1ccc(CN2CCOCC2)cc1C(=O)Nc1ccc2[nH]c(=O)cc(C)c2c1. The third-order valence-corrected chi connectivity index (χ3v) is 7.17. The molecule has 0 spiro atoms. The van der Waals surface area contributed by atoms with Crippen LogP contribution in [0.15, 0.2) is 47.3 Å². The number of hydrogen-bond acceptors (Lipinski definition) is 6. The summed E-state index contributed by atoms with van der Waals surface area (Å²) >= 11 is 0. The van der Waals surface area contributed by atoms with Crippen LogP contribution in [0.3, 0.4) is 0 Å². The zero-order valence-electron chi connectivity index (χ0n) is 21.0. The summed E-state index contributed by atoms with van der Waals surface area (Å²) < 4.78 is 11.0. The Kier molecular flexibility index (Phi) is 7.36. The third kappa shape index (κ3) is 5.31. The lowest BCUT2D eigenvalue weighted by molar-refractivity contribution is 0.0342. The second-order valence-corrected chi connectivity index (χ2v) is 9.72. The Bertz CT molecular complexity index is 1300. The van der Waals surface area contributed by atoms with Crippen LogP contribution < -0.4 is 15.8 Å². The fraction of sp³-hybridized carbons (Fsp3) is 0.429. The number of rotatable bonds is 7. The molecule has 190 valence electrons. The van der Waals surface area contributed by atoms with Crippen molar-refractivity contribution >= 4 is 28.2 Å². The maximum Gasteiger partial charge on any atom is 0.257 e.